The summed E-state index contributed by atoms with van der Waals surface area (Å²) in [6.45, 7) is 4.64. The zero-order valence-corrected chi connectivity index (χ0v) is 16.8. The number of Topliss-reactive ketones (excluding diaryl/α,β-unsaturated/α-hetero) is 1. The molecule has 0 amide bonds. The van der Waals surface area contributed by atoms with E-state index in [9.17, 15) is 19.7 Å². The number of carbonyl (C=O) groups is 2. The number of aromatic nitrogens is 2. The number of esters is 1. The van der Waals surface area contributed by atoms with Gasteiger partial charge in [-0.3, -0.25) is 14.9 Å². The monoisotopic (exact) mass is 413 g/mol. The minimum Gasteiger partial charge on any atom is -0.462 e. The second-order valence-electron chi connectivity index (χ2n) is 6.08. The lowest BCUT2D eigenvalue weighted by Gasteiger charge is -2.06. The molecule has 0 unspecified atom stereocenters. The maximum Gasteiger partial charge on any atom is 0.338 e. The van der Waals surface area contributed by atoms with Crippen LogP contribution >= 0.6 is 11.8 Å². The Hall–Kier alpha value is -3.20. The Morgan fingerprint density at radius 2 is 1.97 bits per heavy atom. The Bertz CT molecular complexity index is 1090. The van der Waals surface area contributed by atoms with Crippen molar-refractivity contribution >= 4 is 40.2 Å². The zero-order valence-electron chi connectivity index (χ0n) is 16.0. The summed E-state index contributed by atoms with van der Waals surface area (Å²) < 4.78 is 6.98. The zero-order chi connectivity index (χ0) is 21.0. The molecule has 0 saturated heterocycles. The third kappa shape index (κ3) is 4.45. The van der Waals surface area contributed by atoms with Crippen molar-refractivity contribution < 1.29 is 19.2 Å². The van der Waals surface area contributed by atoms with Gasteiger partial charge in [-0.05, 0) is 32.0 Å². The van der Waals surface area contributed by atoms with Gasteiger partial charge in [0.2, 0.25) is 0 Å². The molecule has 29 heavy (non-hydrogen) atoms. The van der Waals surface area contributed by atoms with Crippen LogP contribution < -0.4 is 0 Å². The Labute approximate surface area is 171 Å². The molecule has 0 radical (unpaired) electrons. The van der Waals surface area contributed by atoms with E-state index in [2.05, 4.69) is 4.98 Å². The molecule has 0 aliphatic rings. The minimum absolute atomic E-state index is 0.0925. The van der Waals surface area contributed by atoms with Gasteiger partial charge in [0.05, 0.1) is 33.9 Å². The van der Waals surface area contributed by atoms with Crippen LogP contribution in [0.4, 0.5) is 5.69 Å². The third-order valence-electron chi connectivity index (χ3n) is 4.25. The fourth-order valence-electron chi connectivity index (χ4n) is 2.87. The predicted octanol–water partition coefficient (Wildman–Crippen LogP) is 4.12. The molecule has 0 N–H and O–H groups in total. The van der Waals surface area contributed by atoms with Gasteiger partial charge < -0.3 is 9.30 Å². The number of imidazole rings is 1. The Morgan fingerprint density at radius 3 is 2.66 bits per heavy atom. The Morgan fingerprint density at radius 1 is 1.17 bits per heavy atom. The van der Waals surface area contributed by atoms with Crippen LogP contribution in [0.3, 0.4) is 0 Å². The number of aryl methyl sites for hydroxylation is 1. The molecule has 0 fully saturated rings. The van der Waals surface area contributed by atoms with Gasteiger partial charge in [0.15, 0.2) is 10.9 Å². The van der Waals surface area contributed by atoms with Crippen LogP contribution in [0.25, 0.3) is 11.0 Å². The third-order valence-corrected chi connectivity index (χ3v) is 5.23. The van der Waals surface area contributed by atoms with E-state index < -0.39 is 10.9 Å². The van der Waals surface area contributed by atoms with Crippen LogP contribution in [0.5, 0.6) is 0 Å². The number of non-ortho nitro benzene ring substituents is 1. The molecule has 0 aliphatic heterocycles. The molecule has 9 heteroatoms. The lowest BCUT2D eigenvalue weighted by Crippen LogP contribution is -2.05. The number of carbonyl (C=O) groups excluding carboxylic acids is 2. The highest BCUT2D eigenvalue weighted by atomic mass is 32.2. The van der Waals surface area contributed by atoms with Crippen molar-refractivity contribution in [3.63, 3.8) is 0 Å². The van der Waals surface area contributed by atoms with Gasteiger partial charge in [-0.25, -0.2) is 9.78 Å². The fourth-order valence-corrected chi connectivity index (χ4v) is 3.84. The van der Waals surface area contributed by atoms with Crippen LogP contribution in [0.1, 0.15) is 34.6 Å². The summed E-state index contributed by atoms with van der Waals surface area (Å²) in [5.41, 5.74) is 2.08. The maximum absolute atomic E-state index is 12.5. The number of hydrogen-bond donors (Lipinski definition) is 0. The second kappa shape index (κ2) is 8.87. The number of rotatable bonds is 8. The molecule has 0 spiro atoms. The van der Waals surface area contributed by atoms with E-state index in [-0.39, 0.29) is 22.8 Å². The first-order valence-corrected chi connectivity index (χ1v) is 10.0. The van der Waals surface area contributed by atoms with E-state index in [1.54, 1.807) is 25.1 Å². The average Bonchev–Trinajstić information content (AvgIpc) is 3.08. The summed E-state index contributed by atoms with van der Waals surface area (Å²) >= 11 is 1.26. The second-order valence-corrected chi connectivity index (χ2v) is 7.02. The lowest BCUT2D eigenvalue weighted by molar-refractivity contribution is -0.384. The molecular weight excluding hydrogens is 394 g/mol. The van der Waals surface area contributed by atoms with E-state index in [0.29, 0.717) is 29.4 Å². The lowest BCUT2D eigenvalue weighted by atomic mass is 10.1. The van der Waals surface area contributed by atoms with Gasteiger partial charge in [0, 0.05) is 24.2 Å². The molecule has 1 heterocycles. The molecule has 8 nitrogen and oxygen atoms in total. The fraction of sp³-hybridized carbons (Fsp3) is 0.250. The Kier molecular flexibility index (Phi) is 6.28. The van der Waals surface area contributed by atoms with E-state index in [1.807, 2.05) is 17.6 Å². The molecule has 0 atom stereocenters. The normalized spacial score (nSPS) is 10.8. The molecule has 150 valence electrons. The van der Waals surface area contributed by atoms with Crippen molar-refractivity contribution in [2.75, 3.05) is 12.4 Å². The standard InChI is InChI=1S/C20H19N3O5S/c1-3-22-17-9-8-14(19(25)28-4-2)11-16(17)21-20(22)29-12-18(24)13-6-5-7-15(10-13)23(26)27/h5-11H,3-4,12H2,1-2H3. The van der Waals surface area contributed by atoms with Gasteiger partial charge >= 0.3 is 5.97 Å². The predicted molar refractivity (Wildman–Crippen MR) is 110 cm³/mol. The van der Waals surface area contributed by atoms with Gasteiger partial charge in [-0.15, -0.1) is 0 Å². The summed E-state index contributed by atoms with van der Waals surface area (Å²) in [5.74, 6) is -0.536. The molecule has 2 aromatic carbocycles. The molecular formula is C20H19N3O5S. The highest BCUT2D eigenvalue weighted by molar-refractivity contribution is 7.99. The summed E-state index contributed by atoms with van der Waals surface area (Å²) in [4.78, 5) is 39.4. The molecule has 0 bridgehead atoms. The summed E-state index contributed by atoms with van der Waals surface area (Å²) in [5, 5.41) is 11.5. The van der Waals surface area contributed by atoms with Gasteiger partial charge in [-0.2, -0.15) is 0 Å². The SMILES string of the molecule is CCOC(=O)c1ccc2c(c1)nc(SCC(=O)c1cccc([N+](=O)[O-])c1)n2CC. The van der Waals surface area contributed by atoms with E-state index in [1.165, 1.54) is 30.0 Å². The first-order chi connectivity index (χ1) is 13.9. The van der Waals surface area contributed by atoms with E-state index >= 15 is 0 Å². The quantitative estimate of drug-likeness (QED) is 0.180. The first kappa shape index (κ1) is 20.5. The van der Waals surface area contributed by atoms with Crippen molar-refractivity contribution in [1.82, 2.24) is 9.55 Å². The summed E-state index contributed by atoms with van der Waals surface area (Å²) in [7, 11) is 0. The van der Waals surface area contributed by atoms with Crippen molar-refractivity contribution in [3.05, 3.63) is 63.7 Å². The smallest absolute Gasteiger partial charge is 0.338 e. The highest BCUT2D eigenvalue weighted by Gasteiger charge is 2.16. The van der Waals surface area contributed by atoms with Gasteiger partial charge in [0.1, 0.15) is 0 Å². The van der Waals surface area contributed by atoms with Crippen LogP contribution in [-0.4, -0.2) is 38.6 Å². The largest absolute Gasteiger partial charge is 0.462 e. The minimum atomic E-state index is -0.526. The number of thioether (sulfide) groups is 1. The molecule has 0 aliphatic carbocycles. The van der Waals surface area contributed by atoms with Crippen LogP contribution in [0, 0.1) is 10.1 Å². The van der Waals surface area contributed by atoms with Gasteiger partial charge in [0.25, 0.3) is 5.69 Å². The van der Waals surface area contributed by atoms with Gasteiger partial charge in [-0.1, -0.05) is 23.9 Å². The first-order valence-electron chi connectivity index (χ1n) is 9.02. The topological polar surface area (TPSA) is 104 Å². The van der Waals surface area contributed by atoms with Crippen LogP contribution in [0.2, 0.25) is 0 Å². The number of hydrogen-bond acceptors (Lipinski definition) is 7. The average molecular weight is 413 g/mol. The van der Waals surface area contributed by atoms with E-state index in [4.69, 9.17) is 4.74 Å². The number of fused-ring (bicyclic) bond motifs is 1. The van der Waals surface area contributed by atoms with E-state index in [0.717, 1.165) is 5.52 Å². The Balaban J connectivity index is 1.82. The number of nitro benzene ring substituents is 1. The highest BCUT2D eigenvalue weighted by Crippen LogP contribution is 2.26. The number of ether oxygens (including phenoxy) is 1. The number of benzene rings is 2. The van der Waals surface area contributed by atoms with Crippen molar-refractivity contribution in [2.24, 2.45) is 0 Å². The summed E-state index contributed by atoms with van der Waals surface area (Å²) in [6.07, 6.45) is 0. The van der Waals surface area contributed by atoms with Crippen LogP contribution in [-0.2, 0) is 11.3 Å². The van der Waals surface area contributed by atoms with Crippen molar-refractivity contribution in [3.8, 4) is 0 Å². The number of ketones is 1. The van der Waals surface area contributed by atoms with Crippen molar-refractivity contribution in [1.29, 1.82) is 0 Å². The molecule has 0 saturated carbocycles. The number of nitrogens with zero attached hydrogens (tertiary/aromatic N) is 3. The van der Waals surface area contributed by atoms with Crippen molar-refractivity contribution in [2.45, 2.75) is 25.5 Å². The van der Waals surface area contributed by atoms with Crippen LogP contribution in [0.15, 0.2) is 47.6 Å². The molecule has 3 aromatic rings. The number of nitro groups is 1. The molecule has 3 rings (SSSR count). The summed E-state index contributed by atoms with van der Waals surface area (Å²) in [6, 6.07) is 10.9. The molecule has 1 aromatic heterocycles. The maximum atomic E-state index is 12.5.